The highest BCUT2D eigenvalue weighted by atomic mass is 19.4. The van der Waals surface area contributed by atoms with Gasteiger partial charge in [-0.05, 0) is 30.5 Å². The zero-order valence-electron chi connectivity index (χ0n) is 9.26. The number of nitrogens with two attached hydrogens (primary N) is 1. The van der Waals surface area contributed by atoms with Gasteiger partial charge in [-0.2, -0.15) is 13.2 Å². The molecule has 17 heavy (non-hydrogen) atoms. The lowest BCUT2D eigenvalue weighted by atomic mass is 10.1. The largest absolute Gasteiger partial charge is 0.493 e. The summed E-state index contributed by atoms with van der Waals surface area (Å²) in [6.45, 7) is 0.116. The van der Waals surface area contributed by atoms with Crippen LogP contribution in [-0.2, 0) is 6.54 Å². The maximum Gasteiger partial charge on any atom is 0.397 e. The lowest BCUT2D eigenvalue weighted by Gasteiger charge is -2.19. The lowest BCUT2D eigenvalue weighted by molar-refractivity contribution is -0.194. The quantitative estimate of drug-likeness (QED) is 0.885. The van der Waals surface area contributed by atoms with Crippen molar-refractivity contribution in [1.29, 1.82) is 0 Å². The molecule has 0 bridgehead atoms. The summed E-state index contributed by atoms with van der Waals surface area (Å²) < 4.78 is 43.1. The minimum atomic E-state index is -4.16. The highest BCUT2D eigenvalue weighted by Crippen LogP contribution is 2.57. The van der Waals surface area contributed by atoms with Crippen molar-refractivity contribution in [3.05, 3.63) is 29.8 Å². The standard InChI is InChI=1S/C12H14F3NO/c13-12(14,15)11(5-6-11)8-17-10-3-1-9(7-16)2-4-10/h1-4H,5-8,16H2. The molecular weight excluding hydrogens is 231 g/mol. The minimum Gasteiger partial charge on any atom is -0.493 e. The maximum absolute atomic E-state index is 12.6. The molecule has 0 atom stereocenters. The Bertz CT molecular complexity index is 382. The summed E-state index contributed by atoms with van der Waals surface area (Å²) in [6, 6.07) is 6.80. The summed E-state index contributed by atoms with van der Waals surface area (Å²) in [4.78, 5) is 0. The Labute approximate surface area is 97.6 Å². The predicted molar refractivity (Wildman–Crippen MR) is 57.6 cm³/mol. The fraction of sp³-hybridized carbons (Fsp3) is 0.500. The van der Waals surface area contributed by atoms with Crippen LogP contribution in [0, 0.1) is 5.41 Å². The Morgan fingerprint density at radius 2 is 1.76 bits per heavy atom. The maximum atomic E-state index is 12.6. The van der Waals surface area contributed by atoms with Gasteiger partial charge < -0.3 is 10.5 Å². The van der Waals surface area contributed by atoms with Crippen LogP contribution in [0.25, 0.3) is 0 Å². The molecule has 2 nitrogen and oxygen atoms in total. The van der Waals surface area contributed by atoms with Crippen LogP contribution < -0.4 is 10.5 Å². The normalized spacial score (nSPS) is 17.9. The first kappa shape index (κ1) is 12.2. The van der Waals surface area contributed by atoms with Crippen molar-refractivity contribution >= 4 is 0 Å². The molecule has 0 aliphatic heterocycles. The van der Waals surface area contributed by atoms with Crippen LogP contribution in [0.5, 0.6) is 5.75 Å². The molecule has 2 N–H and O–H groups in total. The van der Waals surface area contributed by atoms with Gasteiger partial charge in [-0.3, -0.25) is 0 Å². The van der Waals surface area contributed by atoms with E-state index in [4.69, 9.17) is 10.5 Å². The van der Waals surface area contributed by atoms with Crippen LogP contribution >= 0.6 is 0 Å². The Morgan fingerprint density at radius 3 is 2.18 bits per heavy atom. The number of hydrogen-bond donors (Lipinski definition) is 1. The molecule has 1 aromatic carbocycles. The van der Waals surface area contributed by atoms with Crippen molar-refractivity contribution in [3.8, 4) is 5.75 Å². The number of rotatable bonds is 4. The Hall–Kier alpha value is -1.23. The second kappa shape index (κ2) is 4.22. The zero-order valence-corrected chi connectivity index (χ0v) is 9.26. The SMILES string of the molecule is NCc1ccc(OCC2(C(F)(F)F)CC2)cc1. The van der Waals surface area contributed by atoms with E-state index in [1.165, 1.54) is 0 Å². The van der Waals surface area contributed by atoms with Crippen molar-refractivity contribution in [2.24, 2.45) is 11.1 Å². The highest BCUT2D eigenvalue weighted by Gasteiger charge is 2.63. The molecule has 2 rings (SSSR count). The number of hydrogen-bond acceptors (Lipinski definition) is 2. The summed E-state index contributed by atoms with van der Waals surface area (Å²) in [5.74, 6) is 0.456. The van der Waals surface area contributed by atoms with E-state index in [1.807, 2.05) is 0 Å². The first-order valence-electron chi connectivity index (χ1n) is 5.45. The van der Waals surface area contributed by atoms with Crippen molar-refractivity contribution in [1.82, 2.24) is 0 Å². The number of halogens is 3. The van der Waals surface area contributed by atoms with Crippen LogP contribution in [0.2, 0.25) is 0 Å². The average Bonchev–Trinajstić information content (AvgIpc) is 3.07. The Balaban J connectivity index is 1.94. The van der Waals surface area contributed by atoms with Gasteiger partial charge in [-0.1, -0.05) is 12.1 Å². The average molecular weight is 245 g/mol. The fourth-order valence-electron chi connectivity index (χ4n) is 1.60. The van der Waals surface area contributed by atoms with Gasteiger partial charge in [0.05, 0.1) is 0 Å². The molecule has 1 fully saturated rings. The molecule has 0 aromatic heterocycles. The van der Waals surface area contributed by atoms with Crippen LogP contribution in [0.3, 0.4) is 0 Å². The van der Waals surface area contributed by atoms with Gasteiger partial charge >= 0.3 is 6.18 Å². The van der Waals surface area contributed by atoms with Crippen LogP contribution in [0.15, 0.2) is 24.3 Å². The van der Waals surface area contributed by atoms with E-state index in [9.17, 15) is 13.2 Å². The van der Waals surface area contributed by atoms with E-state index in [1.54, 1.807) is 24.3 Å². The number of benzene rings is 1. The van der Waals surface area contributed by atoms with Gasteiger partial charge in [0.2, 0.25) is 0 Å². The smallest absolute Gasteiger partial charge is 0.397 e. The van der Waals surface area contributed by atoms with Crippen molar-refractivity contribution in [3.63, 3.8) is 0 Å². The molecule has 94 valence electrons. The van der Waals surface area contributed by atoms with Gasteiger partial charge in [0, 0.05) is 6.54 Å². The fourth-order valence-corrected chi connectivity index (χ4v) is 1.60. The van der Waals surface area contributed by atoms with Crippen LogP contribution in [0.1, 0.15) is 18.4 Å². The third-order valence-electron chi connectivity index (χ3n) is 3.13. The molecule has 0 amide bonds. The third kappa shape index (κ3) is 2.54. The first-order chi connectivity index (χ1) is 7.97. The summed E-state index contributed by atoms with van der Waals surface area (Å²) in [6.07, 6.45) is -3.83. The number of alkyl halides is 3. The van der Waals surface area contributed by atoms with Gasteiger partial charge in [-0.25, -0.2) is 0 Å². The van der Waals surface area contributed by atoms with Crippen LogP contribution in [-0.4, -0.2) is 12.8 Å². The molecule has 5 heteroatoms. The van der Waals surface area contributed by atoms with E-state index in [-0.39, 0.29) is 19.4 Å². The molecule has 1 aliphatic carbocycles. The molecule has 1 saturated carbocycles. The van der Waals surface area contributed by atoms with Gasteiger partial charge in [0.1, 0.15) is 17.8 Å². The molecule has 0 heterocycles. The summed E-state index contributed by atoms with van der Waals surface area (Å²) in [7, 11) is 0. The van der Waals surface area contributed by atoms with Gasteiger partial charge in [0.25, 0.3) is 0 Å². The van der Waals surface area contributed by atoms with E-state index in [0.717, 1.165) is 5.56 Å². The summed E-state index contributed by atoms with van der Waals surface area (Å²) in [5, 5.41) is 0. The summed E-state index contributed by atoms with van der Waals surface area (Å²) in [5.41, 5.74) is 4.73. The topological polar surface area (TPSA) is 35.2 Å². The molecular formula is C12H14F3NO. The second-order valence-corrected chi connectivity index (χ2v) is 4.41. The zero-order chi connectivity index (χ0) is 12.5. The highest BCUT2D eigenvalue weighted by molar-refractivity contribution is 5.27. The minimum absolute atomic E-state index is 0.164. The molecule has 0 spiro atoms. The lowest BCUT2D eigenvalue weighted by Crippen LogP contribution is -2.30. The molecule has 1 aliphatic rings. The van der Waals surface area contributed by atoms with E-state index >= 15 is 0 Å². The molecule has 0 saturated heterocycles. The van der Waals surface area contributed by atoms with E-state index in [0.29, 0.717) is 12.3 Å². The number of ether oxygens (including phenoxy) is 1. The summed E-state index contributed by atoms with van der Waals surface area (Å²) >= 11 is 0. The Kier molecular flexibility index (Phi) is 3.03. The third-order valence-corrected chi connectivity index (χ3v) is 3.13. The van der Waals surface area contributed by atoms with Gasteiger partial charge in [-0.15, -0.1) is 0 Å². The second-order valence-electron chi connectivity index (χ2n) is 4.41. The van der Waals surface area contributed by atoms with Crippen molar-refractivity contribution < 1.29 is 17.9 Å². The van der Waals surface area contributed by atoms with E-state index in [2.05, 4.69) is 0 Å². The Morgan fingerprint density at radius 1 is 1.18 bits per heavy atom. The molecule has 1 aromatic rings. The predicted octanol–water partition coefficient (Wildman–Crippen LogP) is 2.87. The monoisotopic (exact) mass is 245 g/mol. The van der Waals surface area contributed by atoms with Crippen molar-refractivity contribution in [2.75, 3.05) is 6.61 Å². The van der Waals surface area contributed by atoms with Crippen LogP contribution in [0.4, 0.5) is 13.2 Å². The van der Waals surface area contributed by atoms with E-state index < -0.39 is 11.6 Å². The first-order valence-corrected chi connectivity index (χ1v) is 5.45. The molecule has 0 radical (unpaired) electrons. The van der Waals surface area contributed by atoms with Crippen molar-refractivity contribution in [2.45, 2.75) is 25.6 Å². The van der Waals surface area contributed by atoms with Gasteiger partial charge in [0.15, 0.2) is 0 Å². The molecule has 0 unspecified atom stereocenters.